The van der Waals surface area contributed by atoms with Gasteiger partial charge in [0.25, 0.3) is 0 Å². The van der Waals surface area contributed by atoms with Crippen molar-refractivity contribution < 1.29 is 9.59 Å². The fourth-order valence-corrected chi connectivity index (χ4v) is 1.78. The van der Waals surface area contributed by atoms with Gasteiger partial charge in [0.1, 0.15) is 0 Å². The van der Waals surface area contributed by atoms with Crippen LogP contribution in [-0.2, 0) is 9.59 Å². The molecule has 0 rings (SSSR count). The molecule has 0 aliphatic heterocycles. The van der Waals surface area contributed by atoms with Crippen LogP contribution in [0.3, 0.4) is 0 Å². The molecule has 6 heteroatoms. The fraction of sp³-hybridized carbons (Fsp3) is 0.833. The normalized spacial score (nSPS) is 12.2. The first-order valence-corrected chi connectivity index (χ1v) is 6.72. The number of carbonyl (C=O) groups excluding carboxylic acids is 2. The zero-order valence-electron chi connectivity index (χ0n) is 12.0. The maximum Gasteiger partial charge on any atom is 0.237 e. The van der Waals surface area contributed by atoms with Gasteiger partial charge in [0.05, 0.1) is 9.49 Å². The number of carbonyl (C=O) groups is 2. The van der Waals surface area contributed by atoms with Crippen LogP contribution in [0.15, 0.2) is 0 Å². The van der Waals surface area contributed by atoms with Gasteiger partial charge < -0.3 is 9.80 Å². The average Bonchev–Trinajstić information content (AvgIpc) is 2.20. The minimum absolute atomic E-state index is 0.0585. The van der Waals surface area contributed by atoms with Crippen LogP contribution in [-0.4, -0.2) is 58.3 Å². The van der Waals surface area contributed by atoms with Crippen molar-refractivity contribution in [3.8, 4) is 0 Å². The molecule has 0 unspecified atom stereocenters. The lowest BCUT2D eigenvalue weighted by Crippen LogP contribution is -2.46. The van der Waals surface area contributed by atoms with Crippen molar-refractivity contribution in [2.75, 3.05) is 27.2 Å². The Bertz CT molecular complexity index is 287. The van der Waals surface area contributed by atoms with Crippen LogP contribution in [0.2, 0.25) is 0 Å². The largest absolute Gasteiger partial charge is 0.343 e. The van der Waals surface area contributed by atoms with E-state index in [0.29, 0.717) is 13.1 Å². The Kier molecular flexibility index (Phi) is 6.07. The zero-order valence-corrected chi connectivity index (χ0v) is 13.8. The predicted octanol–water partition coefficient (Wildman–Crippen LogP) is 1.32. The Morgan fingerprint density at radius 2 is 1.06 bits per heavy atom. The van der Waals surface area contributed by atoms with Gasteiger partial charge in [0.2, 0.25) is 11.8 Å². The minimum Gasteiger partial charge on any atom is -0.343 e. The van der Waals surface area contributed by atoms with Crippen molar-refractivity contribution in [3.63, 3.8) is 0 Å². The summed E-state index contributed by atoms with van der Waals surface area (Å²) < 4.78 is -1.39. The van der Waals surface area contributed by atoms with E-state index in [2.05, 4.69) is 25.3 Å². The van der Waals surface area contributed by atoms with Crippen molar-refractivity contribution in [2.45, 2.75) is 37.2 Å². The summed E-state index contributed by atoms with van der Waals surface area (Å²) in [5, 5.41) is 0. The van der Waals surface area contributed by atoms with E-state index >= 15 is 0 Å². The predicted molar refractivity (Wildman–Crippen MR) is 81.4 cm³/mol. The molecule has 0 heterocycles. The average molecular weight is 292 g/mol. The molecular formula is C12H24N2O2S2. The van der Waals surface area contributed by atoms with E-state index < -0.39 is 9.49 Å². The molecule has 0 N–H and O–H groups in total. The highest BCUT2D eigenvalue weighted by Crippen LogP contribution is 2.16. The van der Waals surface area contributed by atoms with Crippen LogP contribution in [0.4, 0.5) is 0 Å². The molecule has 0 spiro atoms. The summed E-state index contributed by atoms with van der Waals surface area (Å²) in [6.45, 7) is 7.96. The molecule has 18 heavy (non-hydrogen) atoms. The lowest BCUT2D eigenvalue weighted by molar-refractivity contribution is -0.135. The Hall–Kier alpha value is -0.360. The maximum absolute atomic E-state index is 11.9. The van der Waals surface area contributed by atoms with Gasteiger partial charge in [-0.25, -0.2) is 0 Å². The molecule has 0 aliphatic carbocycles. The second-order valence-electron chi connectivity index (χ2n) is 5.57. The van der Waals surface area contributed by atoms with Gasteiger partial charge in [-0.15, -0.1) is 0 Å². The fourth-order valence-electron chi connectivity index (χ4n) is 1.44. The third-order valence-electron chi connectivity index (χ3n) is 2.51. The van der Waals surface area contributed by atoms with Crippen LogP contribution >= 0.6 is 25.3 Å². The third-order valence-corrected chi connectivity index (χ3v) is 2.89. The summed E-state index contributed by atoms with van der Waals surface area (Å²) in [4.78, 5) is 26.9. The number of rotatable bonds is 5. The Morgan fingerprint density at radius 3 is 1.22 bits per heavy atom. The van der Waals surface area contributed by atoms with Gasteiger partial charge in [-0.1, -0.05) is 0 Å². The molecule has 0 aromatic carbocycles. The quantitative estimate of drug-likeness (QED) is 0.750. The third kappa shape index (κ3) is 5.52. The van der Waals surface area contributed by atoms with Crippen LogP contribution in [0, 0.1) is 0 Å². The van der Waals surface area contributed by atoms with E-state index in [1.54, 1.807) is 51.6 Å². The first-order valence-electron chi connectivity index (χ1n) is 5.83. The van der Waals surface area contributed by atoms with Gasteiger partial charge in [0.15, 0.2) is 0 Å². The first kappa shape index (κ1) is 17.6. The van der Waals surface area contributed by atoms with Crippen molar-refractivity contribution in [1.29, 1.82) is 0 Å². The smallest absolute Gasteiger partial charge is 0.237 e. The number of nitrogens with zero attached hydrogens (tertiary/aromatic N) is 2. The maximum atomic E-state index is 11.9. The van der Waals surface area contributed by atoms with E-state index in [4.69, 9.17) is 0 Å². The Balaban J connectivity index is 4.35. The van der Waals surface area contributed by atoms with E-state index in [1.165, 1.54) is 0 Å². The summed E-state index contributed by atoms with van der Waals surface area (Å²) >= 11 is 8.47. The first-order chi connectivity index (χ1) is 7.87. The molecule has 0 saturated carbocycles. The van der Waals surface area contributed by atoms with Gasteiger partial charge in [0, 0.05) is 27.2 Å². The van der Waals surface area contributed by atoms with Crippen molar-refractivity contribution in [3.05, 3.63) is 0 Å². The molecule has 0 fully saturated rings. The molecule has 106 valence electrons. The lowest BCUT2D eigenvalue weighted by atomic mass is 10.1. The summed E-state index contributed by atoms with van der Waals surface area (Å²) in [5.41, 5.74) is 0. The zero-order chi connectivity index (χ0) is 14.7. The standard InChI is InChI=1S/C12H24N2O2S2/c1-11(2,17)9(15)13(5)7-8-14(6)10(16)12(3,4)18/h17-18H,7-8H2,1-6H3. The van der Waals surface area contributed by atoms with Gasteiger partial charge >= 0.3 is 0 Å². The molecule has 0 radical (unpaired) electrons. The summed E-state index contributed by atoms with van der Waals surface area (Å²) in [6, 6.07) is 0. The molecule has 0 bridgehead atoms. The highest BCUT2D eigenvalue weighted by molar-refractivity contribution is 7.82. The van der Waals surface area contributed by atoms with Gasteiger partial charge in [-0.05, 0) is 27.7 Å². The van der Waals surface area contributed by atoms with Crippen LogP contribution < -0.4 is 0 Å². The molecule has 0 atom stereocenters. The van der Waals surface area contributed by atoms with Gasteiger partial charge in [-0.2, -0.15) is 25.3 Å². The van der Waals surface area contributed by atoms with Crippen molar-refractivity contribution >= 4 is 37.1 Å². The molecular weight excluding hydrogens is 268 g/mol. The van der Waals surface area contributed by atoms with Crippen LogP contribution in [0.25, 0.3) is 0 Å². The number of amides is 2. The monoisotopic (exact) mass is 292 g/mol. The number of hydrogen-bond acceptors (Lipinski definition) is 4. The Morgan fingerprint density at radius 1 is 0.833 bits per heavy atom. The molecule has 2 amide bonds. The number of thiol groups is 2. The topological polar surface area (TPSA) is 40.6 Å². The highest BCUT2D eigenvalue weighted by Gasteiger charge is 2.28. The second-order valence-corrected chi connectivity index (χ2v) is 7.81. The molecule has 0 aromatic heterocycles. The van der Waals surface area contributed by atoms with Crippen LogP contribution in [0.5, 0.6) is 0 Å². The van der Waals surface area contributed by atoms with Crippen molar-refractivity contribution in [2.24, 2.45) is 0 Å². The van der Waals surface area contributed by atoms with E-state index in [9.17, 15) is 9.59 Å². The molecule has 0 aromatic rings. The molecule has 0 saturated heterocycles. The lowest BCUT2D eigenvalue weighted by Gasteiger charge is -2.29. The Labute approximate surface area is 121 Å². The van der Waals surface area contributed by atoms with Gasteiger partial charge in [-0.3, -0.25) is 9.59 Å². The second kappa shape index (κ2) is 6.19. The van der Waals surface area contributed by atoms with E-state index in [-0.39, 0.29) is 11.8 Å². The number of likely N-dealkylation sites (N-methyl/N-ethyl adjacent to an activating group) is 2. The van der Waals surface area contributed by atoms with E-state index in [1.807, 2.05) is 0 Å². The molecule has 4 nitrogen and oxygen atoms in total. The summed E-state index contributed by atoms with van der Waals surface area (Å²) in [5.74, 6) is -0.117. The summed E-state index contributed by atoms with van der Waals surface area (Å²) in [7, 11) is 3.43. The molecule has 0 aliphatic rings. The SMILES string of the molecule is CN(CCN(C)C(=O)C(C)(C)S)C(=O)C(C)(C)S. The minimum atomic E-state index is -0.694. The number of hydrogen-bond donors (Lipinski definition) is 2. The van der Waals surface area contributed by atoms with Crippen molar-refractivity contribution in [1.82, 2.24) is 9.80 Å². The summed E-state index contributed by atoms with van der Waals surface area (Å²) in [6.07, 6.45) is 0. The van der Waals surface area contributed by atoms with Crippen LogP contribution in [0.1, 0.15) is 27.7 Å². The highest BCUT2D eigenvalue weighted by atomic mass is 32.1. The van der Waals surface area contributed by atoms with E-state index in [0.717, 1.165) is 0 Å².